The van der Waals surface area contributed by atoms with Crippen LogP contribution >= 0.6 is 15.9 Å². The van der Waals surface area contributed by atoms with Crippen molar-refractivity contribution in [3.8, 4) is 5.75 Å². The summed E-state index contributed by atoms with van der Waals surface area (Å²) in [6.07, 6.45) is 2.08. The van der Waals surface area contributed by atoms with Crippen molar-refractivity contribution in [1.82, 2.24) is 5.32 Å². The van der Waals surface area contributed by atoms with E-state index in [2.05, 4.69) is 28.2 Å². The second-order valence-electron chi connectivity index (χ2n) is 4.66. The highest BCUT2D eigenvalue weighted by atomic mass is 79.9. The number of hydrogen-bond acceptors (Lipinski definition) is 2. The summed E-state index contributed by atoms with van der Waals surface area (Å²) in [6, 6.07) is 4.79. The van der Waals surface area contributed by atoms with Crippen LogP contribution in [0.15, 0.2) is 18.2 Å². The molecule has 3 nitrogen and oxygen atoms in total. The Morgan fingerprint density at radius 1 is 1.50 bits per heavy atom. The van der Waals surface area contributed by atoms with Gasteiger partial charge in [-0.3, -0.25) is 4.79 Å². The SMILES string of the molecule is Cc1cc(O)ccc1C(=O)NCCCC(C)CBr. The van der Waals surface area contributed by atoms with Crippen LogP contribution in [-0.2, 0) is 0 Å². The molecule has 0 heterocycles. The predicted molar refractivity (Wildman–Crippen MR) is 77.4 cm³/mol. The highest BCUT2D eigenvalue weighted by molar-refractivity contribution is 9.09. The van der Waals surface area contributed by atoms with Crippen molar-refractivity contribution >= 4 is 21.8 Å². The van der Waals surface area contributed by atoms with Crippen molar-refractivity contribution in [1.29, 1.82) is 0 Å². The number of amides is 1. The third-order valence-corrected chi connectivity index (χ3v) is 3.98. The maximum atomic E-state index is 11.9. The fourth-order valence-electron chi connectivity index (χ4n) is 1.73. The van der Waals surface area contributed by atoms with E-state index in [9.17, 15) is 9.90 Å². The predicted octanol–water partition coefficient (Wildman–Crippen LogP) is 3.24. The summed E-state index contributed by atoms with van der Waals surface area (Å²) in [6.45, 7) is 4.69. The molecule has 0 aliphatic heterocycles. The number of phenols is 1. The molecule has 0 aliphatic carbocycles. The van der Waals surface area contributed by atoms with Crippen LogP contribution in [-0.4, -0.2) is 22.9 Å². The van der Waals surface area contributed by atoms with E-state index in [-0.39, 0.29) is 11.7 Å². The van der Waals surface area contributed by atoms with Crippen molar-refractivity contribution in [3.05, 3.63) is 29.3 Å². The average Bonchev–Trinajstić information content (AvgIpc) is 2.34. The quantitative estimate of drug-likeness (QED) is 0.625. The maximum Gasteiger partial charge on any atom is 0.251 e. The molecule has 0 spiro atoms. The number of rotatable bonds is 6. The normalized spacial score (nSPS) is 12.2. The van der Waals surface area contributed by atoms with Crippen molar-refractivity contribution in [2.45, 2.75) is 26.7 Å². The number of aromatic hydroxyl groups is 1. The van der Waals surface area contributed by atoms with E-state index in [4.69, 9.17) is 0 Å². The van der Waals surface area contributed by atoms with Gasteiger partial charge in [0.25, 0.3) is 5.91 Å². The van der Waals surface area contributed by atoms with Gasteiger partial charge in [0.2, 0.25) is 0 Å². The van der Waals surface area contributed by atoms with E-state index in [0.29, 0.717) is 18.0 Å². The van der Waals surface area contributed by atoms with Crippen LogP contribution in [0.5, 0.6) is 5.75 Å². The minimum Gasteiger partial charge on any atom is -0.508 e. The van der Waals surface area contributed by atoms with Crippen LogP contribution in [0.3, 0.4) is 0 Å². The van der Waals surface area contributed by atoms with Gasteiger partial charge in [-0.1, -0.05) is 22.9 Å². The molecular formula is C14H20BrNO2. The highest BCUT2D eigenvalue weighted by Crippen LogP contribution is 2.15. The lowest BCUT2D eigenvalue weighted by molar-refractivity contribution is 0.0952. The molecule has 18 heavy (non-hydrogen) atoms. The summed E-state index contributed by atoms with van der Waals surface area (Å²) in [5, 5.41) is 13.2. The van der Waals surface area contributed by atoms with E-state index in [1.54, 1.807) is 12.1 Å². The molecule has 0 aromatic heterocycles. The second-order valence-corrected chi connectivity index (χ2v) is 5.30. The van der Waals surface area contributed by atoms with Gasteiger partial charge in [0, 0.05) is 17.4 Å². The van der Waals surface area contributed by atoms with Crippen molar-refractivity contribution < 1.29 is 9.90 Å². The summed E-state index contributed by atoms with van der Waals surface area (Å²) < 4.78 is 0. The zero-order chi connectivity index (χ0) is 13.5. The van der Waals surface area contributed by atoms with Crippen LogP contribution in [0.1, 0.15) is 35.7 Å². The molecule has 0 saturated carbocycles. The number of nitrogens with one attached hydrogen (secondary N) is 1. The molecule has 1 amide bonds. The van der Waals surface area contributed by atoms with Crippen LogP contribution in [0.4, 0.5) is 0 Å². The van der Waals surface area contributed by atoms with Crippen LogP contribution in [0, 0.1) is 12.8 Å². The largest absolute Gasteiger partial charge is 0.508 e. The first kappa shape index (κ1) is 15.0. The van der Waals surface area contributed by atoms with Gasteiger partial charge in [0.1, 0.15) is 5.75 Å². The van der Waals surface area contributed by atoms with E-state index < -0.39 is 0 Å². The molecule has 0 saturated heterocycles. The maximum absolute atomic E-state index is 11.9. The van der Waals surface area contributed by atoms with Gasteiger partial charge in [-0.05, 0) is 49.4 Å². The molecule has 0 radical (unpaired) electrons. The van der Waals surface area contributed by atoms with Gasteiger partial charge in [-0.25, -0.2) is 0 Å². The van der Waals surface area contributed by atoms with E-state index in [1.807, 2.05) is 6.92 Å². The summed E-state index contributed by atoms with van der Waals surface area (Å²) in [5.74, 6) is 0.756. The lowest BCUT2D eigenvalue weighted by Crippen LogP contribution is -2.25. The number of alkyl halides is 1. The van der Waals surface area contributed by atoms with Gasteiger partial charge < -0.3 is 10.4 Å². The van der Waals surface area contributed by atoms with Gasteiger partial charge in [0.15, 0.2) is 0 Å². The van der Waals surface area contributed by atoms with Crippen LogP contribution in [0.25, 0.3) is 0 Å². The van der Waals surface area contributed by atoms with Crippen molar-refractivity contribution in [2.24, 2.45) is 5.92 Å². The number of carbonyl (C=O) groups excluding carboxylic acids is 1. The lowest BCUT2D eigenvalue weighted by atomic mass is 10.1. The first-order valence-corrected chi connectivity index (χ1v) is 7.30. The summed E-state index contributed by atoms with van der Waals surface area (Å²) in [5.41, 5.74) is 1.42. The van der Waals surface area contributed by atoms with E-state index >= 15 is 0 Å². The fourth-order valence-corrected chi connectivity index (χ4v) is 2.05. The molecule has 0 aliphatic rings. The number of phenolic OH excluding ortho intramolecular Hbond substituents is 1. The molecule has 100 valence electrons. The Balaban J connectivity index is 2.41. The third kappa shape index (κ3) is 4.69. The van der Waals surface area contributed by atoms with Crippen molar-refractivity contribution in [3.63, 3.8) is 0 Å². The zero-order valence-corrected chi connectivity index (χ0v) is 12.5. The Kier molecular flexibility index (Phi) is 6.19. The molecule has 1 unspecified atom stereocenters. The summed E-state index contributed by atoms with van der Waals surface area (Å²) in [7, 11) is 0. The van der Waals surface area contributed by atoms with Gasteiger partial charge >= 0.3 is 0 Å². The van der Waals surface area contributed by atoms with E-state index in [0.717, 1.165) is 23.7 Å². The minimum absolute atomic E-state index is 0.0704. The first-order chi connectivity index (χ1) is 8.54. The average molecular weight is 314 g/mol. The Morgan fingerprint density at radius 2 is 2.22 bits per heavy atom. The number of benzene rings is 1. The number of halogens is 1. The molecule has 1 aromatic rings. The number of carbonyl (C=O) groups is 1. The molecule has 1 aromatic carbocycles. The molecule has 4 heteroatoms. The zero-order valence-electron chi connectivity index (χ0n) is 10.9. The van der Waals surface area contributed by atoms with Crippen molar-refractivity contribution in [2.75, 3.05) is 11.9 Å². The Bertz CT molecular complexity index is 407. The van der Waals surface area contributed by atoms with Gasteiger partial charge in [-0.2, -0.15) is 0 Å². The Hall–Kier alpha value is -1.03. The molecule has 0 fully saturated rings. The fraction of sp³-hybridized carbons (Fsp3) is 0.500. The van der Waals surface area contributed by atoms with Gasteiger partial charge in [-0.15, -0.1) is 0 Å². The van der Waals surface area contributed by atoms with Crippen LogP contribution in [0.2, 0.25) is 0 Å². The second kappa shape index (κ2) is 7.41. The summed E-state index contributed by atoms with van der Waals surface area (Å²) >= 11 is 3.44. The Labute approximate surface area is 117 Å². The van der Waals surface area contributed by atoms with Crippen LogP contribution < -0.4 is 5.32 Å². The van der Waals surface area contributed by atoms with E-state index in [1.165, 1.54) is 6.07 Å². The standard InChI is InChI=1S/C14H20BrNO2/c1-10(9-15)4-3-7-16-14(18)13-6-5-12(17)8-11(13)2/h5-6,8,10,17H,3-4,7,9H2,1-2H3,(H,16,18). The Morgan fingerprint density at radius 3 is 2.83 bits per heavy atom. The number of hydrogen-bond donors (Lipinski definition) is 2. The topological polar surface area (TPSA) is 49.3 Å². The third-order valence-electron chi connectivity index (χ3n) is 2.88. The minimum atomic E-state index is -0.0704. The monoisotopic (exact) mass is 313 g/mol. The lowest BCUT2D eigenvalue weighted by Gasteiger charge is -2.10. The molecule has 1 atom stereocenters. The molecular weight excluding hydrogens is 294 g/mol. The molecule has 0 bridgehead atoms. The number of aryl methyl sites for hydroxylation is 1. The molecule has 1 rings (SSSR count). The first-order valence-electron chi connectivity index (χ1n) is 6.18. The smallest absolute Gasteiger partial charge is 0.251 e. The molecule has 2 N–H and O–H groups in total. The highest BCUT2D eigenvalue weighted by Gasteiger charge is 2.08. The van der Waals surface area contributed by atoms with Gasteiger partial charge in [0.05, 0.1) is 0 Å². The summed E-state index contributed by atoms with van der Waals surface area (Å²) in [4.78, 5) is 11.9.